The number of carbonyl (C=O) groups is 1. The number of nitrogens with zero attached hydrogens (tertiary/aromatic N) is 1. The largest absolute Gasteiger partial charge is 0.478 e. The summed E-state index contributed by atoms with van der Waals surface area (Å²) in [5.41, 5.74) is 0.886. The molecular formula is C15H25N3O2. The van der Waals surface area contributed by atoms with E-state index in [2.05, 4.69) is 22.5 Å². The second kappa shape index (κ2) is 7.24. The van der Waals surface area contributed by atoms with Crippen LogP contribution >= 0.6 is 0 Å². The Hall–Kier alpha value is -1.62. The van der Waals surface area contributed by atoms with E-state index in [4.69, 9.17) is 0 Å². The summed E-state index contributed by atoms with van der Waals surface area (Å²) in [6.45, 7) is 10.8. The van der Waals surface area contributed by atoms with Crippen LogP contribution in [0.4, 0.5) is 5.82 Å². The van der Waals surface area contributed by atoms with Crippen LogP contribution in [0, 0.1) is 0 Å². The summed E-state index contributed by atoms with van der Waals surface area (Å²) in [5.74, 6) is -0.292. The third-order valence-corrected chi connectivity index (χ3v) is 2.93. The van der Waals surface area contributed by atoms with Crippen LogP contribution in [0.15, 0.2) is 12.1 Å². The van der Waals surface area contributed by atoms with E-state index in [1.807, 2.05) is 20.8 Å². The molecule has 1 rings (SSSR count). The maximum atomic E-state index is 11.2. The van der Waals surface area contributed by atoms with Crippen molar-refractivity contribution in [2.75, 3.05) is 25.0 Å². The summed E-state index contributed by atoms with van der Waals surface area (Å²) in [7, 11) is 0. The van der Waals surface area contributed by atoms with Gasteiger partial charge in [0.2, 0.25) is 0 Å². The number of carboxylic acid groups (broad SMARTS) is 1. The van der Waals surface area contributed by atoms with E-state index >= 15 is 0 Å². The van der Waals surface area contributed by atoms with E-state index in [9.17, 15) is 9.90 Å². The van der Waals surface area contributed by atoms with Crippen LogP contribution in [-0.4, -0.2) is 35.7 Å². The number of hydrogen-bond acceptors (Lipinski definition) is 4. The maximum absolute atomic E-state index is 11.2. The first kappa shape index (κ1) is 16.4. The standard InChI is InChI=1S/C15H25N3O2/c1-5-16-7-6-8-17-13-10-11(14(19)20)9-12(18-13)15(2,3)4/h9-10,16H,5-8H2,1-4H3,(H,17,18)(H,19,20). The molecule has 0 aliphatic rings. The number of carboxylic acids is 1. The Morgan fingerprint density at radius 3 is 2.55 bits per heavy atom. The van der Waals surface area contributed by atoms with Gasteiger partial charge in [0, 0.05) is 17.7 Å². The summed E-state index contributed by atoms with van der Waals surface area (Å²) < 4.78 is 0. The first-order valence-electron chi connectivity index (χ1n) is 7.05. The van der Waals surface area contributed by atoms with Crippen molar-refractivity contribution in [3.63, 3.8) is 0 Å². The van der Waals surface area contributed by atoms with Gasteiger partial charge in [-0.2, -0.15) is 0 Å². The number of hydrogen-bond donors (Lipinski definition) is 3. The molecule has 20 heavy (non-hydrogen) atoms. The highest BCUT2D eigenvalue weighted by Gasteiger charge is 2.18. The second-order valence-electron chi connectivity index (χ2n) is 5.82. The molecule has 0 spiro atoms. The molecule has 0 atom stereocenters. The van der Waals surface area contributed by atoms with Gasteiger partial charge in [-0.05, 0) is 31.6 Å². The van der Waals surface area contributed by atoms with Crippen molar-refractivity contribution in [1.82, 2.24) is 10.3 Å². The molecule has 0 unspecified atom stereocenters. The van der Waals surface area contributed by atoms with Gasteiger partial charge in [0.25, 0.3) is 0 Å². The van der Waals surface area contributed by atoms with Crippen LogP contribution in [0.2, 0.25) is 0 Å². The molecule has 0 aromatic carbocycles. The molecule has 0 aliphatic carbocycles. The van der Waals surface area contributed by atoms with Gasteiger partial charge >= 0.3 is 5.97 Å². The molecule has 5 heteroatoms. The van der Waals surface area contributed by atoms with Crippen molar-refractivity contribution in [3.8, 4) is 0 Å². The fourth-order valence-corrected chi connectivity index (χ4v) is 1.74. The van der Waals surface area contributed by atoms with E-state index in [0.29, 0.717) is 5.82 Å². The van der Waals surface area contributed by atoms with Crippen LogP contribution in [0.1, 0.15) is 50.2 Å². The fourth-order valence-electron chi connectivity index (χ4n) is 1.74. The number of nitrogens with one attached hydrogen (secondary N) is 2. The van der Waals surface area contributed by atoms with Crippen LogP contribution in [0.25, 0.3) is 0 Å². The van der Waals surface area contributed by atoms with Gasteiger partial charge in [-0.1, -0.05) is 27.7 Å². The molecule has 0 radical (unpaired) electrons. The van der Waals surface area contributed by atoms with Crippen molar-refractivity contribution >= 4 is 11.8 Å². The normalized spacial score (nSPS) is 11.4. The van der Waals surface area contributed by atoms with Crippen molar-refractivity contribution in [1.29, 1.82) is 0 Å². The third kappa shape index (κ3) is 5.17. The Kier molecular flexibility index (Phi) is 5.95. The lowest BCUT2D eigenvalue weighted by atomic mass is 9.91. The van der Waals surface area contributed by atoms with Gasteiger partial charge in [-0.3, -0.25) is 0 Å². The minimum absolute atomic E-state index is 0.175. The zero-order chi connectivity index (χ0) is 15.2. The van der Waals surface area contributed by atoms with E-state index in [-0.39, 0.29) is 11.0 Å². The van der Waals surface area contributed by atoms with Crippen molar-refractivity contribution in [3.05, 3.63) is 23.4 Å². The number of rotatable bonds is 7. The monoisotopic (exact) mass is 279 g/mol. The average Bonchev–Trinajstić information content (AvgIpc) is 2.37. The van der Waals surface area contributed by atoms with Gasteiger partial charge in [0.1, 0.15) is 5.82 Å². The number of pyridine rings is 1. The quantitative estimate of drug-likeness (QED) is 0.669. The highest BCUT2D eigenvalue weighted by molar-refractivity contribution is 5.88. The summed E-state index contributed by atoms with van der Waals surface area (Å²) in [4.78, 5) is 15.7. The van der Waals surface area contributed by atoms with Gasteiger partial charge < -0.3 is 15.7 Å². The Morgan fingerprint density at radius 1 is 1.30 bits per heavy atom. The van der Waals surface area contributed by atoms with E-state index in [0.717, 1.165) is 31.7 Å². The molecule has 0 saturated carbocycles. The highest BCUT2D eigenvalue weighted by Crippen LogP contribution is 2.23. The lowest BCUT2D eigenvalue weighted by Crippen LogP contribution is -2.19. The zero-order valence-electron chi connectivity index (χ0n) is 12.8. The smallest absolute Gasteiger partial charge is 0.335 e. The lowest BCUT2D eigenvalue weighted by Gasteiger charge is -2.19. The molecule has 0 aliphatic heterocycles. The molecular weight excluding hydrogens is 254 g/mol. The maximum Gasteiger partial charge on any atom is 0.335 e. The summed E-state index contributed by atoms with van der Waals surface area (Å²) in [6.07, 6.45) is 0.970. The summed E-state index contributed by atoms with van der Waals surface area (Å²) in [6, 6.07) is 3.23. The fraction of sp³-hybridized carbons (Fsp3) is 0.600. The lowest BCUT2D eigenvalue weighted by molar-refractivity contribution is 0.0696. The van der Waals surface area contributed by atoms with Crippen molar-refractivity contribution in [2.45, 2.75) is 39.5 Å². The van der Waals surface area contributed by atoms with Gasteiger partial charge in [-0.25, -0.2) is 9.78 Å². The predicted molar refractivity (Wildman–Crippen MR) is 81.5 cm³/mol. The summed E-state index contributed by atoms with van der Waals surface area (Å²) in [5, 5.41) is 15.6. The molecule has 1 aromatic rings. The summed E-state index contributed by atoms with van der Waals surface area (Å²) >= 11 is 0. The first-order valence-corrected chi connectivity index (χ1v) is 7.05. The Bertz CT molecular complexity index is 453. The van der Waals surface area contributed by atoms with Crippen LogP contribution in [0.3, 0.4) is 0 Å². The first-order chi connectivity index (χ1) is 9.34. The molecule has 0 amide bonds. The Labute approximate surface area is 120 Å². The van der Waals surface area contributed by atoms with E-state index < -0.39 is 5.97 Å². The molecule has 1 aromatic heterocycles. The molecule has 112 valence electrons. The number of anilines is 1. The Morgan fingerprint density at radius 2 is 2.00 bits per heavy atom. The molecule has 3 N–H and O–H groups in total. The minimum Gasteiger partial charge on any atom is -0.478 e. The van der Waals surface area contributed by atoms with Gasteiger partial charge in [-0.15, -0.1) is 0 Å². The van der Waals surface area contributed by atoms with E-state index in [1.165, 1.54) is 0 Å². The average molecular weight is 279 g/mol. The van der Waals surface area contributed by atoms with Crippen molar-refractivity contribution in [2.24, 2.45) is 0 Å². The molecule has 0 bridgehead atoms. The Balaban J connectivity index is 2.79. The zero-order valence-corrected chi connectivity index (χ0v) is 12.8. The molecule has 1 heterocycles. The van der Waals surface area contributed by atoms with Crippen LogP contribution < -0.4 is 10.6 Å². The molecule has 5 nitrogen and oxygen atoms in total. The highest BCUT2D eigenvalue weighted by atomic mass is 16.4. The molecule has 0 saturated heterocycles. The van der Waals surface area contributed by atoms with Crippen LogP contribution in [-0.2, 0) is 5.41 Å². The van der Waals surface area contributed by atoms with Gasteiger partial charge in [0.05, 0.1) is 5.56 Å². The topological polar surface area (TPSA) is 74.2 Å². The molecule has 0 fully saturated rings. The van der Waals surface area contributed by atoms with Crippen molar-refractivity contribution < 1.29 is 9.90 Å². The minimum atomic E-state index is -0.923. The SMILES string of the molecule is CCNCCCNc1cc(C(=O)O)cc(C(C)(C)C)n1. The predicted octanol–water partition coefficient (Wildman–Crippen LogP) is 2.49. The van der Waals surface area contributed by atoms with Crippen LogP contribution in [0.5, 0.6) is 0 Å². The third-order valence-electron chi connectivity index (χ3n) is 2.93. The van der Waals surface area contributed by atoms with E-state index in [1.54, 1.807) is 12.1 Å². The second-order valence-corrected chi connectivity index (χ2v) is 5.82. The number of aromatic carboxylic acids is 1. The van der Waals surface area contributed by atoms with Gasteiger partial charge in [0.15, 0.2) is 0 Å². The number of aromatic nitrogens is 1.